The van der Waals surface area contributed by atoms with Gasteiger partial charge in [-0.2, -0.15) is 4.31 Å². The second kappa shape index (κ2) is 6.03. The Hall–Kier alpha value is -1.60. The molecule has 0 spiro atoms. The maximum Gasteiger partial charge on any atom is 0.322 e. The Morgan fingerprint density at radius 3 is 2.48 bits per heavy atom. The van der Waals surface area contributed by atoms with Crippen molar-refractivity contribution in [3.05, 3.63) is 24.3 Å². The molecule has 6 nitrogen and oxygen atoms in total. The summed E-state index contributed by atoms with van der Waals surface area (Å²) < 4.78 is 31.5. The van der Waals surface area contributed by atoms with Crippen LogP contribution in [-0.2, 0) is 14.8 Å². The number of hydrogen-bond donors (Lipinski definition) is 1. The lowest BCUT2D eigenvalue weighted by Crippen LogP contribution is -2.40. The van der Waals surface area contributed by atoms with Crippen LogP contribution in [0.15, 0.2) is 29.2 Å². The van der Waals surface area contributed by atoms with Gasteiger partial charge in [0.2, 0.25) is 10.0 Å². The van der Waals surface area contributed by atoms with Crippen molar-refractivity contribution in [1.29, 1.82) is 0 Å². The molecule has 0 aromatic heterocycles. The molecule has 1 aliphatic rings. The predicted molar refractivity (Wildman–Crippen MR) is 76.8 cm³/mol. The van der Waals surface area contributed by atoms with Crippen LogP contribution in [0.4, 0.5) is 0 Å². The van der Waals surface area contributed by atoms with Crippen molar-refractivity contribution in [3.8, 4) is 5.75 Å². The smallest absolute Gasteiger partial charge is 0.322 e. The Bertz CT molecular complexity index is 609. The zero-order chi connectivity index (χ0) is 15.6. The van der Waals surface area contributed by atoms with Gasteiger partial charge in [0.05, 0.1) is 11.0 Å². The molecule has 1 aliphatic heterocycles. The second-order valence-electron chi connectivity index (χ2n) is 5.25. The van der Waals surface area contributed by atoms with Gasteiger partial charge in [-0.05, 0) is 51.0 Å². The summed E-state index contributed by atoms with van der Waals surface area (Å²) in [5.41, 5.74) is 0. The van der Waals surface area contributed by atoms with Crippen molar-refractivity contribution in [2.75, 3.05) is 6.54 Å². The zero-order valence-electron chi connectivity index (χ0n) is 12.0. The topological polar surface area (TPSA) is 83.9 Å². The van der Waals surface area contributed by atoms with Gasteiger partial charge in [-0.15, -0.1) is 0 Å². The number of sulfonamides is 1. The van der Waals surface area contributed by atoms with Crippen LogP contribution < -0.4 is 4.74 Å². The van der Waals surface area contributed by atoms with Crippen molar-refractivity contribution < 1.29 is 23.1 Å². The number of aliphatic carboxylic acids is 1. The molecule has 1 atom stereocenters. The van der Waals surface area contributed by atoms with Crippen LogP contribution >= 0.6 is 0 Å². The summed E-state index contributed by atoms with van der Waals surface area (Å²) in [7, 11) is -3.78. The first-order chi connectivity index (χ1) is 9.82. The molecular formula is C14H19NO5S. The van der Waals surface area contributed by atoms with E-state index in [1.807, 2.05) is 13.8 Å². The number of carbonyl (C=O) groups is 1. The molecule has 1 heterocycles. The molecule has 0 aliphatic carbocycles. The van der Waals surface area contributed by atoms with Crippen LogP contribution in [-0.4, -0.2) is 42.5 Å². The highest BCUT2D eigenvalue weighted by molar-refractivity contribution is 7.89. The number of benzene rings is 1. The minimum atomic E-state index is -3.78. The van der Waals surface area contributed by atoms with Gasteiger partial charge >= 0.3 is 5.97 Å². The summed E-state index contributed by atoms with van der Waals surface area (Å²) in [6.45, 7) is 4.00. The molecule has 1 saturated heterocycles. The first-order valence-electron chi connectivity index (χ1n) is 6.84. The van der Waals surface area contributed by atoms with E-state index in [9.17, 15) is 13.2 Å². The normalized spacial score (nSPS) is 19.9. The molecule has 1 aromatic carbocycles. The Morgan fingerprint density at radius 2 is 1.95 bits per heavy atom. The molecule has 1 fully saturated rings. The van der Waals surface area contributed by atoms with Crippen LogP contribution in [0, 0.1) is 0 Å². The third kappa shape index (κ3) is 3.36. The van der Waals surface area contributed by atoms with Crippen molar-refractivity contribution in [3.63, 3.8) is 0 Å². The van der Waals surface area contributed by atoms with E-state index in [4.69, 9.17) is 9.84 Å². The van der Waals surface area contributed by atoms with Gasteiger partial charge in [-0.25, -0.2) is 8.42 Å². The lowest BCUT2D eigenvalue weighted by atomic mass is 10.2. The first kappa shape index (κ1) is 15.8. The maximum atomic E-state index is 12.5. The average Bonchev–Trinajstić information content (AvgIpc) is 2.88. The SMILES string of the molecule is CC(C)Oc1ccc(S(=O)(=O)N2CCC[C@H]2C(=O)O)cc1. The minimum absolute atomic E-state index is 0.00225. The Kier molecular flexibility index (Phi) is 4.53. The van der Waals surface area contributed by atoms with E-state index in [2.05, 4.69) is 0 Å². The van der Waals surface area contributed by atoms with Gasteiger partial charge in [0.1, 0.15) is 11.8 Å². The fraction of sp³-hybridized carbons (Fsp3) is 0.500. The van der Waals surface area contributed by atoms with E-state index in [-0.39, 0.29) is 17.5 Å². The van der Waals surface area contributed by atoms with Crippen LogP contribution in [0.25, 0.3) is 0 Å². The third-order valence-corrected chi connectivity index (χ3v) is 5.21. The average molecular weight is 313 g/mol. The van der Waals surface area contributed by atoms with Crippen LogP contribution in [0.1, 0.15) is 26.7 Å². The molecule has 0 saturated carbocycles. The van der Waals surface area contributed by atoms with Gasteiger partial charge in [0.25, 0.3) is 0 Å². The molecule has 0 bridgehead atoms. The number of rotatable bonds is 5. The Morgan fingerprint density at radius 1 is 1.33 bits per heavy atom. The maximum absolute atomic E-state index is 12.5. The second-order valence-corrected chi connectivity index (χ2v) is 7.14. The number of hydrogen-bond acceptors (Lipinski definition) is 4. The molecule has 2 rings (SSSR count). The number of nitrogens with zero attached hydrogens (tertiary/aromatic N) is 1. The number of ether oxygens (including phenoxy) is 1. The predicted octanol–water partition coefficient (Wildman–Crippen LogP) is 1.71. The molecule has 1 aromatic rings. The molecule has 0 unspecified atom stereocenters. The van der Waals surface area contributed by atoms with Gasteiger partial charge in [0, 0.05) is 6.54 Å². The standard InChI is InChI=1S/C14H19NO5S/c1-10(2)20-11-5-7-12(8-6-11)21(18,19)15-9-3-4-13(15)14(16)17/h5-8,10,13H,3-4,9H2,1-2H3,(H,16,17)/t13-/m0/s1. The Labute approximate surface area is 124 Å². The summed E-state index contributed by atoms with van der Waals surface area (Å²) in [6, 6.07) is 5.09. The molecule has 116 valence electrons. The van der Waals surface area contributed by atoms with Crippen molar-refractivity contribution in [2.45, 2.75) is 43.7 Å². The van der Waals surface area contributed by atoms with E-state index in [0.717, 1.165) is 4.31 Å². The lowest BCUT2D eigenvalue weighted by molar-refractivity contribution is -0.140. The van der Waals surface area contributed by atoms with Crippen LogP contribution in [0.2, 0.25) is 0 Å². The summed E-state index contributed by atoms with van der Waals surface area (Å²) in [6.07, 6.45) is 0.913. The van der Waals surface area contributed by atoms with Gasteiger partial charge < -0.3 is 9.84 Å². The van der Waals surface area contributed by atoms with Crippen LogP contribution in [0.5, 0.6) is 5.75 Å². The van der Waals surface area contributed by atoms with Crippen LogP contribution in [0.3, 0.4) is 0 Å². The summed E-state index contributed by atoms with van der Waals surface area (Å²) in [5.74, 6) is -0.518. The van der Waals surface area contributed by atoms with E-state index in [1.165, 1.54) is 12.1 Å². The molecule has 0 radical (unpaired) electrons. The molecular weight excluding hydrogens is 294 g/mol. The zero-order valence-corrected chi connectivity index (χ0v) is 12.8. The highest BCUT2D eigenvalue weighted by atomic mass is 32.2. The number of carboxylic acids is 1. The minimum Gasteiger partial charge on any atom is -0.491 e. The first-order valence-corrected chi connectivity index (χ1v) is 8.28. The van der Waals surface area contributed by atoms with Crippen molar-refractivity contribution in [2.24, 2.45) is 0 Å². The lowest BCUT2D eigenvalue weighted by Gasteiger charge is -2.21. The Balaban J connectivity index is 2.25. The third-order valence-electron chi connectivity index (χ3n) is 3.29. The molecule has 7 heteroatoms. The highest BCUT2D eigenvalue weighted by Gasteiger charge is 2.39. The summed E-state index contributed by atoms with van der Waals surface area (Å²) in [5, 5.41) is 9.11. The van der Waals surface area contributed by atoms with Gasteiger partial charge in [-0.3, -0.25) is 4.79 Å². The number of carboxylic acid groups (broad SMARTS) is 1. The fourth-order valence-corrected chi connectivity index (χ4v) is 4.02. The fourth-order valence-electron chi connectivity index (χ4n) is 2.37. The van der Waals surface area contributed by atoms with E-state index in [0.29, 0.717) is 18.6 Å². The van der Waals surface area contributed by atoms with E-state index in [1.54, 1.807) is 12.1 Å². The molecule has 1 N–H and O–H groups in total. The largest absolute Gasteiger partial charge is 0.491 e. The highest BCUT2D eigenvalue weighted by Crippen LogP contribution is 2.27. The van der Waals surface area contributed by atoms with Gasteiger partial charge in [-0.1, -0.05) is 0 Å². The van der Waals surface area contributed by atoms with E-state index >= 15 is 0 Å². The van der Waals surface area contributed by atoms with Crippen molar-refractivity contribution >= 4 is 16.0 Å². The summed E-state index contributed by atoms with van der Waals surface area (Å²) in [4.78, 5) is 11.2. The molecule has 21 heavy (non-hydrogen) atoms. The van der Waals surface area contributed by atoms with Crippen molar-refractivity contribution in [1.82, 2.24) is 4.31 Å². The van der Waals surface area contributed by atoms with Gasteiger partial charge in [0.15, 0.2) is 0 Å². The quantitative estimate of drug-likeness (QED) is 0.894. The van der Waals surface area contributed by atoms with E-state index < -0.39 is 22.0 Å². The monoisotopic (exact) mass is 313 g/mol. The summed E-state index contributed by atoms with van der Waals surface area (Å²) >= 11 is 0. The molecule has 0 amide bonds.